The second kappa shape index (κ2) is 12.3. The van der Waals surface area contributed by atoms with E-state index in [0.29, 0.717) is 36.9 Å². The Morgan fingerprint density at radius 3 is 2.47 bits per heavy atom. The molecule has 7 nitrogen and oxygen atoms in total. The third-order valence-electron chi connectivity index (χ3n) is 7.50. The summed E-state index contributed by atoms with van der Waals surface area (Å²) >= 11 is 8.07. The molecule has 0 radical (unpaired) electrons. The number of nitrogens with zero attached hydrogens (tertiary/aromatic N) is 5. The van der Waals surface area contributed by atoms with Crippen molar-refractivity contribution >= 4 is 35.2 Å². The zero-order chi connectivity index (χ0) is 26.5. The van der Waals surface area contributed by atoms with E-state index < -0.39 is 0 Å². The zero-order valence-corrected chi connectivity index (χ0v) is 23.3. The number of hydrogen-bond donors (Lipinski definition) is 0. The second-order valence-corrected chi connectivity index (χ2v) is 11.6. The van der Waals surface area contributed by atoms with Gasteiger partial charge in [-0.05, 0) is 50.5 Å². The van der Waals surface area contributed by atoms with Crippen molar-refractivity contribution in [2.24, 2.45) is 5.92 Å². The summed E-state index contributed by atoms with van der Waals surface area (Å²) in [6, 6.07) is 17.7. The topological polar surface area (TPSA) is 71.3 Å². The van der Waals surface area contributed by atoms with Crippen molar-refractivity contribution in [2.75, 3.05) is 25.4 Å². The van der Waals surface area contributed by atoms with Crippen LogP contribution in [0.1, 0.15) is 45.4 Å². The van der Waals surface area contributed by atoms with E-state index in [1.807, 2.05) is 69.0 Å². The van der Waals surface area contributed by atoms with E-state index in [9.17, 15) is 9.59 Å². The molecule has 1 aromatic heterocycles. The van der Waals surface area contributed by atoms with Gasteiger partial charge in [0.25, 0.3) is 0 Å². The van der Waals surface area contributed by atoms with Crippen LogP contribution in [0.3, 0.4) is 0 Å². The van der Waals surface area contributed by atoms with Crippen LogP contribution in [-0.4, -0.2) is 67.8 Å². The van der Waals surface area contributed by atoms with Crippen LogP contribution in [0.2, 0.25) is 5.02 Å². The standard InChI is InChI=1S/C29H34ClN5O2S/c1-21-20-33(17-18-34(21)28(37)22-10-5-6-11-22)26(36)16-9-19-38-29-32-31-27(24-14-7-8-15-25(24)30)35(29)23-12-3-2-4-13-23/h2-4,7-8,12-15,21-22H,5-6,9-11,16-20H2,1H3. The molecule has 2 fully saturated rings. The number of hydrogen-bond acceptors (Lipinski definition) is 5. The molecular weight excluding hydrogens is 518 g/mol. The molecular formula is C29H34ClN5O2S. The van der Waals surface area contributed by atoms with Crippen LogP contribution in [0.4, 0.5) is 0 Å². The molecule has 1 unspecified atom stereocenters. The molecule has 0 spiro atoms. The minimum atomic E-state index is 0.0721. The van der Waals surface area contributed by atoms with Gasteiger partial charge < -0.3 is 9.80 Å². The lowest BCUT2D eigenvalue weighted by Crippen LogP contribution is -2.56. The molecule has 5 rings (SSSR count). The number of rotatable bonds is 8. The summed E-state index contributed by atoms with van der Waals surface area (Å²) in [5, 5.41) is 10.3. The predicted molar refractivity (Wildman–Crippen MR) is 151 cm³/mol. The van der Waals surface area contributed by atoms with Crippen molar-refractivity contribution in [3.63, 3.8) is 0 Å². The van der Waals surface area contributed by atoms with Gasteiger partial charge in [-0.25, -0.2) is 0 Å². The average molecular weight is 552 g/mol. The predicted octanol–water partition coefficient (Wildman–Crippen LogP) is 5.71. The second-order valence-electron chi connectivity index (χ2n) is 10.1. The summed E-state index contributed by atoms with van der Waals surface area (Å²) in [5.74, 6) is 2.07. The summed E-state index contributed by atoms with van der Waals surface area (Å²) in [5.41, 5.74) is 1.79. The van der Waals surface area contributed by atoms with Crippen molar-refractivity contribution in [3.8, 4) is 17.1 Å². The maximum absolute atomic E-state index is 13.0. The maximum atomic E-state index is 13.0. The molecule has 2 heterocycles. The molecule has 0 N–H and O–H groups in total. The van der Waals surface area contributed by atoms with Crippen molar-refractivity contribution in [1.82, 2.24) is 24.6 Å². The third-order valence-corrected chi connectivity index (χ3v) is 8.84. The van der Waals surface area contributed by atoms with Gasteiger partial charge in [0.05, 0.1) is 5.02 Å². The van der Waals surface area contributed by atoms with E-state index in [1.165, 1.54) is 0 Å². The van der Waals surface area contributed by atoms with Gasteiger partial charge in [0.15, 0.2) is 11.0 Å². The molecule has 1 aliphatic heterocycles. The molecule has 3 aromatic rings. The number of thioether (sulfide) groups is 1. The van der Waals surface area contributed by atoms with Crippen LogP contribution in [-0.2, 0) is 9.59 Å². The summed E-state index contributed by atoms with van der Waals surface area (Å²) in [6.45, 7) is 3.95. The van der Waals surface area contributed by atoms with E-state index in [0.717, 1.165) is 54.3 Å². The fourth-order valence-corrected chi connectivity index (χ4v) is 6.57. The number of carbonyl (C=O) groups is 2. The van der Waals surface area contributed by atoms with Crippen LogP contribution in [0.5, 0.6) is 0 Å². The number of carbonyl (C=O) groups excluding carboxylic acids is 2. The first-order valence-corrected chi connectivity index (χ1v) is 14.9. The minimum Gasteiger partial charge on any atom is -0.339 e. The highest BCUT2D eigenvalue weighted by molar-refractivity contribution is 7.99. The monoisotopic (exact) mass is 551 g/mol. The Morgan fingerprint density at radius 2 is 1.74 bits per heavy atom. The molecule has 2 aromatic carbocycles. The normalized spacial score (nSPS) is 18.2. The van der Waals surface area contributed by atoms with Crippen molar-refractivity contribution < 1.29 is 9.59 Å². The van der Waals surface area contributed by atoms with Crippen LogP contribution in [0.25, 0.3) is 17.1 Å². The smallest absolute Gasteiger partial charge is 0.226 e. The van der Waals surface area contributed by atoms with Gasteiger partial charge >= 0.3 is 0 Å². The van der Waals surface area contributed by atoms with E-state index in [2.05, 4.69) is 17.1 Å². The van der Waals surface area contributed by atoms with Gasteiger partial charge in [-0.2, -0.15) is 0 Å². The number of benzene rings is 2. The van der Waals surface area contributed by atoms with Gasteiger partial charge in [0.2, 0.25) is 11.8 Å². The fraction of sp³-hybridized carbons (Fsp3) is 0.448. The quantitative estimate of drug-likeness (QED) is 0.265. The number of para-hydroxylation sites is 1. The lowest BCUT2D eigenvalue weighted by atomic mass is 10.0. The molecule has 200 valence electrons. The van der Waals surface area contributed by atoms with Gasteiger partial charge in [0, 0.05) is 55.0 Å². The highest BCUT2D eigenvalue weighted by atomic mass is 35.5. The molecule has 0 bridgehead atoms. The number of aromatic nitrogens is 3. The maximum Gasteiger partial charge on any atom is 0.226 e. The molecule has 1 atom stereocenters. The molecule has 1 saturated heterocycles. The molecule has 2 amide bonds. The van der Waals surface area contributed by atoms with E-state index in [1.54, 1.807) is 11.8 Å². The molecule has 2 aliphatic rings. The van der Waals surface area contributed by atoms with Gasteiger partial charge in [0.1, 0.15) is 0 Å². The van der Waals surface area contributed by atoms with Crippen molar-refractivity contribution in [1.29, 1.82) is 0 Å². The number of piperazine rings is 1. The molecule has 1 aliphatic carbocycles. The first kappa shape index (κ1) is 26.8. The Morgan fingerprint density at radius 1 is 1.00 bits per heavy atom. The SMILES string of the molecule is CC1CN(C(=O)CCCSc2nnc(-c3ccccc3Cl)n2-c2ccccc2)CCN1C(=O)C1CCCC1. The first-order chi connectivity index (χ1) is 18.5. The fourth-order valence-electron chi connectivity index (χ4n) is 5.45. The third kappa shape index (κ3) is 5.91. The van der Waals surface area contributed by atoms with Gasteiger partial charge in [-0.3, -0.25) is 14.2 Å². The summed E-state index contributed by atoms with van der Waals surface area (Å²) < 4.78 is 2.02. The lowest BCUT2D eigenvalue weighted by molar-refractivity contribution is -0.145. The highest BCUT2D eigenvalue weighted by Gasteiger charge is 2.34. The van der Waals surface area contributed by atoms with Crippen LogP contribution < -0.4 is 0 Å². The number of amides is 2. The molecule has 38 heavy (non-hydrogen) atoms. The lowest BCUT2D eigenvalue weighted by Gasteiger charge is -2.41. The average Bonchev–Trinajstić information content (AvgIpc) is 3.62. The van der Waals surface area contributed by atoms with E-state index >= 15 is 0 Å². The van der Waals surface area contributed by atoms with Crippen molar-refractivity contribution in [2.45, 2.75) is 56.6 Å². The van der Waals surface area contributed by atoms with E-state index in [4.69, 9.17) is 11.6 Å². The van der Waals surface area contributed by atoms with Crippen molar-refractivity contribution in [3.05, 3.63) is 59.6 Å². The summed E-state index contributed by atoms with van der Waals surface area (Å²) in [6.07, 6.45) is 5.56. The Labute approximate surface area is 233 Å². The largest absolute Gasteiger partial charge is 0.339 e. The zero-order valence-electron chi connectivity index (χ0n) is 21.8. The van der Waals surface area contributed by atoms with Gasteiger partial charge in [-0.15, -0.1) is 10.2 Å². The first-order valence-electron chi connectivity index (χ1n) is 13.5. The minimum absolute atomic E-state index is 0.0721. The molecule has 1 saturated carbocycles. The Kier molecular flexibility index (Phi) is 8.69. The molecule has 9 heteroatoms. The summed E-state index contributed by atoms with van der Waals surface area (Å²) in [4.78, 5) is 29.8. The van der Waals surface area contributed by atoms with E-state index in [-0.39, 0.29) is 23.8 Å². The highest BCUT2D eigenvalue weighted by Crippen LogP contribution is 2.32. The Hall–Kier alpha value is -2.84. The van der Waals surface area contributed by atoms with Crippen LogP contribution in [0.15, 0.2) is 59.8 Å². The summed E-state index contributed by atoms with van der Waals surface area (Å²) in [7, 11) is 0. The van der Waals surface area contributed by atoms with Crippen LogP contribution in [0, 0.1) is 5.92 Å². The number of halogens is 1. The Bertz CT molecular complexity index is 1260. The Balaban J connectivity index is 1.17. The van der Waals surface area contributed by atoms with Gasteiger partial charge in [-0.1, -0.05) is 66.5 Å². The van der Waals surface area contributed by atoms with Crippen LogP contribution >= 0.6 is 23.4 Å².